The Balaban J connectivity index is 3.33. The summed E-state index contributed by atoms with van der Waals surface area (Å²) < 4.78 is 40.9. The lowest BCUT2D eigenvalue weighted by molar-refractivity contribution is 0.00687. The Morgan fingerprint density at radius 1 is 1.37 bits per heavy atom. The third-order valence-electron chi connectivity index (χ3n) is 1.94. The second-order valence-corrected chi connectivity index (χ2v) is 7.14. The van der Waals surface area contributed by atoms with E-state index in [0.717, 1.165) is 12.1 Å². The molecule has 0 bridgehead atoms. The maximum Gasteiger partial charge on any atom is 0.338 e. The Morgan fingerprint density at radius 2 is 1.89 bits per heavy atom. The summed E-state index contributed by atoms with van der Waals surface area (Å²) in [5, 5.41) is 4.95. The molecule has 0 unspecified atom stereocenters. The molecule has 0 aliphatic carbocycles. The zero-order valence-corrected chi connectivity index (χ0v) is 12.9. The van der Waals surface area contributed by atoms with Gasteiger partial charge in [-0.05, 0) is 48.8 Å². The molecule has 0 fully saturated rings. The summed E-state index contributed by atoms with van der Waals surface area (Å²) in [6.07, 6.45) is 0. The van der Waals surface area contributed by atoms with Crippen molar-refractivity contribution in [2.24, 2.45) is 5.14 Å². The zero-order chi connectivity index (χ0) is 15.0. The van der Waals surface area contributed by atoms with E-state index < -0.39 is 32.3 Å². The van der Waals surface area contributed by atoms with Crippen molar-refractivity contribution in [2.75, 3.05) is 0 Å². The van der Waals surface area contributed by atoms with E-state index >= 15 is 0 Å². The van der Waals surface area contributed by atoms with Crippen LogP contribution < -0.4 is 5.14 Å². The average Bonchev–Trinajstić information content (AvgIpc) is 2.17. The Bertz CT molecular complexity index is 622. The molecule has 8 heteroatoms. The zero-order valence-electron chi connectivity index (χ0n) is 10.5. The number of primary sulfonamides is 1. The van der Waals surface area contributed by atoms with Crippen molar-refractivity contribution in [3.63, 3.8) is 0 Å². The minimum atomic E-state index is -4.15. The number of ether oxygens (including phenoxy) is 1. The number of carbonyl (C=O) groups excluding carboxylic acids is 1. The molecular weight excluding hydrogens is 341 g/mol. The summed E-state index contributed by atoms with van der Waals surface area (Å²) in [5.41, 5.74) is -0.998. The fourth-order valence-electron chi connectivity index (χ4n) is 1.23. The van der Waals surface area contributed by atoms with Gasteiger partial charge in [0, 0.05) is 0 Å². The van der Waals surface area contributed by atoms with Crippen molar-refractivity contribution >= 4 is 31.9 Å². The highest BCUT2D eigenvalue weighted by Crippen LogP contribution is 2.26. The molecule has 106 valence electrons. The lowest BCUT2D eigenvalue weighted by atomic mass is 10.1. The number of halogens is 2. The molecule has 0 aliphatic heterocycles. The van der Waals surface area contributed by atoms with Gasteiger partial charge in [-0.1, -0.05) is 0 Å². The Morgan fingerprint density at radius 3 is 2.32 bits per heavy atom. The second kappa shape index (κ2) is 5.18. The van der Waals surface area contributed by atoms with E-state index in [1.165, 1.54) is 0 Å². The predicted octanol–water partition coefficient (Wildman–Crippen LogP) is 2.19. The van der Waals surface area contributed by atoms with Crippen LogP contribution in [0.25, 0.3) is 0 Å². The van der Waals surface area contributed by atoms with E-state index in [9.17, 15) is 17.6 Å². The Hall–Kier alpha value is -0.990. The number of hydrogen-bond donors (Lipinski definition) is 1. The molecule has 0 spiro atoms. The maximum atomic E-state index is 13.6. The van der Waals surface area contributed by atoms with Crippen LogP contribution in [0.3, 0.4) is 0 Å². The lowest BCUT2D eigenvalue weighted by Crippen LogP contribution is -2.24. The van der Waals surface area contributed by atoms with Gasteiger partial charge in [-0.25, -0.2) is 22.7 Å². The van der Waals surface area contributed by atoms with E-state index in [4.69, 9.17) is 9.88 Å². The van der Waals surface area contributed by atoms with Crippen LogP contribution in [0.1, 0.15) is 31.1 Å². The summed E-state index contributed by atoms with van der Waals surface area (Å²) >= 11 is 2.77. The second-order valence-electron chi connectivity index (χ2n) is 4.82. The molecule has 0 saturated heterocycles. The van der Waals surface area contributed by atoms with Crippen molar-refractivity contribution in [1.82, 2.24) is 0 Å². The molecule has 1 aromatic carbocycles. The molecule has 0 saturated carbocycles. The van der Waals surface area contributed by atoms with Gasteiger partial charge in [0.25, 0.3) is 0 Å². The van der Waals surface area contributed by atoms with Crippen LogP contribution >= 0.6 is 15.9 Å². The monoisotopic (exact) mass is 353 g/mol. The van der Waals surface area contributed by atoms with Crippen LogP contribution in [0, 0.1) is 5.82 Å². The van der Waals surface area contributed by atoms with Gasteiger partial charge < -0.3 is 4.74 Å². The van der Waals surface area contributed by atoms with Crippen LogP contribution in [-0.2, 0) is 14.8 Å². The largest absolute Gasteiger partial charge is 0.456 e. The quantitative estimate of drug-likeness (QED) is 0.825. The average molecular weight is 354 g/mol. The van der Waals surface area contributed by atoms with Crippen LogP contribution in [0.2, 0.25) is 0 Å². The van der Waals surface area contributed by atoms with E-state index in [1.54, 1.807) is 20.8 Å². The molecular formula is C11H13BrFNO4S. The van der Waals surface area contributed by atoms with E-state index in [1.807, 2.05) is 0 Å². The van der Waals surface area contributed by atoms with Crippen molar-refractivity contribution in [2.45, 2.75) is 31.3 Å². The first-order valence-electron chi connectivity index (χ1n) is 5.17. The Labute approximate surface area is 119 Å². The van der Waals surface area contributed by atoms with Crippen LogP contribution in [0.5, 0.6) is 0 Å². The first-order chi connectivity index (χ1) is 8.42. The number of hydrogen-bond acceptors (Lipinski definition) is 4. The predicted molar refractivity (Wildman–Crippen MR) is 70.6 cm³/mol. The fraction of sp³-hybridized carbons (Fsp3) is 0.364. The summed E-state index contributed by atoms with van der Waals surface area (Å²) in [6.45, 7) is 4.92. The SMILES string of the molecule is CC(C)(C)OC(=O)c1cc(F)c(Br)c(S(N)(=O)=O)c1. The lowest BCUT2D eigenvalue weighted by Gasteiger charge is -2.19. The van der Waals surface area contributed by atoms with E-state index in [0.29, 0.717) is 0 Å². The van der Waals surface area contributed by atoms with Crippen LogP contribution in [0.15, 0.2) is 21.5 Å². The molecule has 0 aromatic heterocycles. The van der Waals surface area contributed by atoms with Gasteiger partial charge in [0.15, 0.2) is 0 Å². The smallest absolute Gasteiger partial charge is 0.338 e. The fourth-order valence-corrected chi connectivity index (χ4v) is 2.77. The molecule has 19 heavy (non-hydrogen) atoms. The summed E-state index contributed by atoms with van der Waals surface area (Å²) in [7, 11) is -4.15. The molecule has 2 N–H and O–H groups in total. The van der Waals surface area contributed by atoms with Gasteiger partial charge in [0.2, 0.25) is 10.0 Å². The molecule has 0 atom stereocenters. The number of carbonyl (C=O) groups is 1. The van der Waals surface area contributed by atoms with Gasteiger partial charge in [-0.15, -0.1) is 0 Å². The van der Waals surface area contributed by atoms with Crippen molar-refractivity contribution in [3.05, 3.63) is 28.0 Å². The summed E-state index contributed by atoms with van der Waals surface area (Å²) in [5.74, 6) is -1.74. The minimum absolute atomic E-state index is 0.223. The standard InChI is InChI=1S/C11H13BrFNO4S/c1-11(2,3)18-10(15)6-4-7(13)9(12)8(5-6)19(14,16)17/h4-5H,1-3H3,(H2,14,16,17). The van der Waals surface area contributed by atoms with Crippen molar-refractivity contribution in [1.29, 1.82) is 0 Å². The van der Waals surface area contributed by atoms with Crippen LogP contribution in [-0.4, -0.2) is 20.0 Å². The number of rotatable bonds is 2. The van der Waals surface area contributed by atoms with Crippen molar-refractivity contribution in [3.8, 4) is 0 Å². The molecule has 5 nitrogen and oxygen atoms in total. The minimum Gasteiger partial charge on any atom is -0.456 e. The number of sulfonamides is 1. The highest BCUT2D eigenvalue weighted by atomic mass is 79.9. The van der Waals surface area contributed by atoms with Gasteiger partial charge >= 0.3 is 5.97 Å². The van der Waals surface area contributed by atoms with E-state index in [2.05, 4.69) is 15.9 Å². The maximum absolute atomic E-state index is 13.6. The molecule has 0 aliphatic rings. The number of nitrogens with two attached hydrogens (primary N) is 1. The normalized spacial score (nSPS) is 12.3. The third-order valence-corrected chi connectivity index (χ3v) is 3.94. The number of benzene rings is 1. The molecule has 1 rings (SSSR count). The summed E-state index contributed by atoms with van der Waals surface area (Å²) in [4.78, 5) is 11.3. The first kappa shape index (κ1) is 16.1. The van der Waals surface area contributed by atoms with Gasteiger partial charge in [0.05, 0.1) is 14.9 Å². The van der Waals surface area contributed by atoms with Gasteiger partial charge in [-0.3, -0.25) is 0 Å². The van der Waals surface area contributed by atoms with Crippen molar-refractivity contribution < 1.29 is 22.3 Å². The molecule has 0 amide bonds. The first-order valence-corrected chi connectivity index (χ1v) is 7.51. The Kier molecular flexibility index (Phi) is 4.38. The molecule has 0 radical (unpaired) electrons. The van der Waals surface area contributed by atoms with E-state index in [-0.39, 0.29) is 10.0 Å². The van der Waals surface area contributed by atoms with Gasteiger partial charge in [0.1, 0.15) is 11.4 Å². The highest BCUT2D eigenvalue weighted by Gasteiger charge is 2.23. The molecule has 0 heterocycles. The number of esters is 1. The highest BCUT2D eigenvalue weighted by molar-refractivity contribution is 9.10. The summed E-state index contributed by atoms with van der Waals surface area (Å²) in [6, 6.07) is 1.85. The van der Waals surface area contributed by atoms with Gasteiger partial charge in [-0.2, -0.15) is 0 Å². The third kappa shape index (κ3) is 4.26. The topological polar surface area (TPSA) is 86.5 Å². The van der Waals surface area contributed by atoms with Crippen LogP contribution in [0.4, 0.5) is 4.39 Å². The molecule has 1 aromatic rings.